The molecule has 31 heavy (non-hydrogen) atoms. The van der Waals surface area contributed by atoms with Crippen LogP contribution in [0.15, 0.2) is 77.6 Å². The lowest BCUT2D eigenvalue weighted by Gasteiger charge is -2.08. The van der Waals surface area contributed by atoms with E-state index in [1.165, 1.54) is 21.2 Å². The van der Waals surface area contributed by atoms with E-state index >= 15 is 0 Å². The third kappa shape index (κ3) is 3.39. The van der Waals surface area contributed by atoms with E-state index < -0.39 is 11.5 Å². The first kappa shape index (κ1) is 19.1. The number of rotatable bonds is 4. The highest BCUT2D eigenvalue weighted by Gasteiger charge is 2.23. The van der Waals surface area contributed by atoms with E-state index in [9.17, 15) is 14.0 Å². The summed E-state index contributed by atoms with van der Waals surface area (Å²) in [7, 11) is 0. The van der Waals surface area contributed by atoms with Crippen molar-refractivity contribution in [3.63, 3.8) is 0 Å². The Balaban J connectivity index is 1.70. The summed E-state index contributed by atoms with van der Waals surface area (Å²) in [5.74, 6) is -0.311. The minimum Gasteiger partial charge on any atom is -0.292 e. The molecule has 8 heteroatoms. The first-order chi connectivity index (χ1) is 15.0. The fraction of sp³-hybridized carbons (Fsp3) is 0.0435. The molecule has 0 bridgehead atoms. The highest BCUT2D eigenvalue weighted by atomic mass is 35.5. The van der Waals surface area contributed by atoms with Crippen molar-refractivity contribution in [2.45, 2.75) is 6.54 Å². The van der Waals surface area contributed by atoms with Crippen molar-refractivity contribution in [2.75, 3.05) is 0 Å². The van der Waals surface area contributed by atoms with Gasteiger partial charge in [0, 0.05) is 10.6 Å². The molecule has 0 atom stereocenters. The van der Waals surface area contributed by atoms with Crippen molar-refractivity contribution in [3.05, 3.63) is 99.7 Å². The van der Waals surface area contributed by atoms with Crippen molar-refractivity contribution in [2.24, 2.45) is 0 Å². The van der Waals surface area contributed by atoms with Gasteiger partial charge < -0.3 is 0 Å². The van der Waals surface area contributed by atoms with Crippen LogP contribution in [0.2, 0.25) is 5.02 Å². The van der Waals surface area contributed by atoms with Gasteiger partial charge in [0.15, 0.2) is 5.78 Å². The molecule has 2 aromatic heterocycles. The molecule has 0 aliphatic rings. The molecule has 1 N–H and O–H groups in total. The first-order valence-electron chi connectivity index (χ1n) is 9.49. The number of Topliss-reactive ketones (excluding diaryl/α,β-unsaturated/α-hetero) is 1. The van der Waals surface area contributed by atoms with Gasteiger partial charge in [-0.25, -0.2) is 14.2 Å². The Morgan fingerprint density at radius 2 is 1.84 bits per heavy atom. The molecule has 0 fully saturated rings. The van der Waals surface area contributed by atoms with Gasteiger partial charge >= 0.3 is 11.5 Å². The SMILES string of the molecule is O=C(Cn1c(=O)n2nc(-c3cccc(F)c3)[nH+]c2c2ccccc21)c1cccc(Cl)c1. The standard InChI is InChI=1S/C23H14ClFN4O2/c24-16-7-3-5-14(11-16)20(30)13-28-19-10-2-1-9-18(19)22-26-21(27-29(22)23(28)31)15-6-4-8-17(25)12-15/h1-12H,13H2/p+1. The van der Waals surface area contributed by atoms with Gasteiger partial charge in [-0.15, -0.1) is 0 Å². The zero-order chi connectivity index (χ0) is 21.5. The molecule has 152 valence electrons. The van der Waals surface area contributed by atoms with E-state index in [1.807, 2.05) is 12.1 Å². The Bertz CT molecular complexity index is 1540. The number of H-pyrrole nitrogens is 1. The molecule has 6 nitrogen and oxygen atoms in total. The second-order valence-corrected chi connectivity index (χ2v) is 7.50. The Labute approximate surface area is 180 Å². The molecule has 0 amide bonds. The van der Waals surface area contributed by atoms with Crippen LogP contribution in [0.1, 0.15) is 10.4 Å². The van der Waals surface area contributed by atoms with Crippen LogP contribution in [0.25, 0.3) is 27.9 Å². The Morgan fingerprint density at radius 3 is 2.65 bits per heavy atom. The summed E-state index contributed by atoms with van der Waals surface area (Å²) in [4.78, 5) is 29.3. The number of carbonyl (C=O) groups is 1. The summed E-state index contributed by atoms with van der Waals surface area (Å²) in [6.45, 7) is -0.176. The molecule has 0 aliphatic heterocycles. The second kappa shape index (κ2) is 7.45. The highest BCUT2D eigenvalue weighted by molar-refractivity contribution is 6.31. The van der Waals surface area contributed by atoms with Crippen molar-refractivity contribution in [1.29, 1.82) is 0 Å². The molecule has 0 spiro atoms. The van der Waals surface area contributed by atoms with Crippen molar-refractivity contribution >= 4 is 33.9 Å². The van der Waals surface area contributed by atoms with Crippen LogP contribution < -0.4 is 10.7 Å². The maximum atomic E-state index is 13.7. The van der Waals surface area contributed by atoms with Crippen LogP contribution in [-0.2, 0) is 6.54 Å². The van der Waals surface area contributed by atoms with E-state index in [1.54, 1.807) is 48.5 Å². The molecule has 0 unspecified atom stereocenters. The maximum absolute atomic E-state index is 13.7. The molecule has 0 radical (unpaired) electrons. The number of para-hydroxylation sites is 1. The maximum Gasteiger partial charge on any atom is 0.423 e. The van der Waals surface area contributed by atoms with Gasteiger partial charge in [0.25, 0.3) is 5.65 Å². The molecule has 2 heterocycles. The molecular weight excluding hydrogens is 419 g/mol. The lowest BCUT2D eigenvalue weighted by molar-refractivity contribution is -0.331. The largest absolute Gasteiger partial charge is 0.423 e. The van der Waals surface area contributed by atoms with Crippen LogP contribution in [0, 0.1) is 5.82 Å². The predicted molar refractivity (Wildman–Crippen MR) is 115 cm³/mol. The number of hydrogen-bond acceptors (Lipinski definition) is 3. The number of benzene rings is 3. The fourth-order valence-electron chi connectivity index (χ4n) is 3.60. The molecule has 0 saturated heterocycles. The number of fused-ring (bicyclic) bond motifs is 3. The summed E-state index contributed by atoms with van der Waals surface area (Å²) in [5, 5.41) is 5.51. The van der Waals surface area contributed by atoms with Crippen LogP contribution in [0.4, 0.5) is 4.39 Å². The van der Waals surface area contributed by atoms with Gasteiger partial charge in [-0.3, -0.25) is 9.36 Å². The van der Waals surface area contributed by atoms with Crippen molar-refractivity contribution in [1.82, 2.24) is 14.2 Å². The lowest BCUT2D eigenvalue weighted by atomic mass is 10.1. The Morgan fingerprint density at radius 1 is 1.03 bits per heavy atom. The van der Waals surface area contributed by atoms with E-state index in [4.69, 9.17) is 11.6 Å². The average molecular weight is 434 g/mol. The summed E-state index contributed by atoms with van der Waals surface area (Å²) >= 11 is 6.00. The number of halogens is 2. The van der Waals surface area contributed by atoms with E-state index in [0.29, 0.717) is 38.5 Å². The normalized spacial score (nSPS) is 11.3. The van der Waals surface area contributed by atoms with Crippen LogP contribution in [0.5, 0.6) is 0 Å². The van der Waals surface area contributed by atoms with Gasteiger partial charge in [-0.05, 0) is 47.0 Å². The van der Waals surface area contributed by atoms with Crippen LogP contribution in [0.3, 0.4) is 0 Å². The monoisotopic (exact) mass is 433 g/mol. The zero-order valence-corrected chi connectivity index (χ0v) is 16.8. The lowest BCUT2D eigenvalue weighted by Crippen LogP contribution is -2.31. The summed E-state index contributed by atoms with van der Waals surface area (Å²) in [6, 6.07) is 19.8. The molecule has 0 aliphatic carbocycles. The van der Waals surface area contributed by atoms with Gasteiger partial charge in [0.2, 0.25) is 0 Å². The molecule has 0 saturated carbocycles. The molecule has 5 aromatic rings. The van der Waals surface area contributed by atoms with E-state index in [0.717, 1.165) is 0 Å². The van der Waals surface area contributed by atoms with E-state index in [-0.39, 0.29) is 12.3 Å². The smallest absolute Gasteiger partial charge is 0.292 e. The van der Waals surface area contributed by atoms with Gasteiger partial charge in [0.1, 0.15) is 5.82 Å². The minimum absolute atomic E-state index is 0.176. The van der Waals surface area contributed by atoms with E-state index in [2.05, 4.69) is 10.1 Å². The molecular formula is C23H15ClFN4O2+. The van der Waals surface area contributed by atoms with Gasteiger partial charge in [-0.2, -0.15) is 0 Å². The number of nitrogens with one attached hydrogen (secondary N) is 1. The zero-order valence-electron chi connectivity index (χ0n) is 16.0. The average Bonchev–Trinajstić information content (AvgIpc) is 3.22. The topological polar surface area (TPSA) is 70.5 Å². The summed E-state index contributed by atoms with van der Waals surface area (Å²) in [6.07, 6.45) is 0. The highest BCUT2D eigenvalue weighted by Crippen LogP contribution is 2.19. The quantitative estimate of drug-likeness (QED) is 0.405. The number of aromatic amines is 1. The Kier molecular flexibility index (Phi) is 4.60. The van der Waals surface area contributed by atoms with Gasteiger partial charge in [0.05, 0.1) is 28.1 Å². The number of aromatic nitrogens is 4. The number of ketones is 1. The number of carbonyl (C=O) groups excluding carboxylic acids is 1. The fourth-order valence-corrected chi connectivity index (χ4v) is 3.79. The minimum atomic E-state index is -0.483. The predicted octanol–water partition coefficient (Wildman–Crippen LogP) is 3.81. The van der Waals surface area contributed by atoms with Gasteiger partial charge in [-0.1, -0.05) is 41.9 Å². The molecule has 5 rings (SSSR count). The van der Waals surface area contributed by atoms with Crippen LogP contribution in [-0.4, -0.2) is 20.0 Å². The Hall–Kier alpha value is -3.84. The molecule has 3 aromatic carbocycles. The van der Waals surface area contributed by atoms with Crippen molar-refractivity contribution in [3.8, 4) is 11.4 Å². The van der Waals surface area contributed by atoms with Crippen LogP contribution >= 0.6 is 11.6 Å². The summed E-state index contributed by atoms with van der Waals surface area (Å²) < 4.78 is 16.3. The summed E-state index contributed by atoms with van der Waals surface area (Å²) in [5.41, 5.74) is 1.48. The number of nitrogens with zero attached hydrogens (tertiary/aromatic N) is 3. The third-order valence-electron chi connectivity index (χ3n) is 5.06. The second-order valence-electron chi connectivity index (χ2n) is 7.06. The first-order valence-corrected chi connectivity index (χ1v) is 9.87. The van der Waals surface area contributed by atoms with Crippen molar-refractivity contribution < 1.29 is 14.2 Å². The third-order valence-corrected chi connectivity index (χ3v) is 5.29. The number of hydrogen-bond donors (Lipinski definition) is 0.